The number of nitro groups is 1. The Bertz CT molecular complexity index is 587. The van der Waals surface area contributed by atoms with Gasteiger partial charge in [0, 0.05) is 19.7 Å². The molecule has 9 heteroatoms. The molecular weight excluding hydrogens is 288 g/mol. The number of hydrogen-bond donors (Lipinski definition) is 1. The molecule has 0 aromatic heterocycles. The van der Waals surface area contributed by atoms with E-state index in [0.717, 1.165) is 6.07 Å². The molecular formula is C11H16N2O6S. The lowest BCUT2D eigenvalue weighted by Crippen LogP contribution is -2.31. The van der Waals surface area contributed by atoms with Crippen LogP contribution in [0.3, 0.4) is 0 Å². The van der Waals surface area contributed by atoms with Gasteiger partial charge in [0.15, 0.2) is 5.75 Å². The third-order valence-corrected chi connectivity index (χ3v) is 4.04. The molecule has 0 saturated heterocycles. The van der Waals surface area contributed by atoms with Crippen molar-refractivity contribution in [2.24, 2.45) is 0 Å². The second kappa shape index (κ2) is 6.64. The molecule has 0 amide bonds. The van der Waals surface area contributed by atoms with Crippen LogP contribution in [-0.4, -0.2) is 40.2 Å². The molecule has 8 nitrogen and oxygen atoms in total. The van der Waals surface area contributed by atoms with E-state index in [2.05, 4.69) is 4.72 Å². The SMILES string of the molecule is COc1ccc(S(=O)(=O)NCC(C)OC)cc1[N+](=O)[O-]. The molecule has 0 fully saturated rings. The molecule has 1 aromatic rings. The van der Waals surface area contributed by atoms with Gasteiger partial charge < -0.3 is 9.47 Å². The largest absolute Gasteiger partial charge is 0.490 e. The van der Waals surface area contributed by atoms with Crippen LogP contribution < -0.4 is 9.46 Å². The van der Waals surface area contributed by atoms with Crippen molar-refractivity contribution in [3.8, 4) is 5.75 Å². The first-order valence-electron chi connectivity index (χ1n) is 5.66. The highest BCUT2D eigenvalue weighted by molar-refractivity contribution is 7.89. The molecule has 20 heavy (non-hydrogen) atoms. The summed E-state index contributed by atoms with van der Waals surface area (Å²) in [6.45, 7) is 1.76. The second-order valence-corrected chi connectivity index (χ2v) is 5.76. The van der Waals surface area contributed by atoms with Crippen molar-refractivity contribution < 1.29 is 22.8 Å². The van der Waals surface area contributed by atoms with Gasteiger partial charge in [0.1, 0.15) is 0 Å². The Labute approximate surface area is 116 Å². The summed E-state index contributed by atoms with van der Waals surface area (Å²) < 4.78 is 36.0. The first-order chi connectivity index (χ1) is 9.31. The highest BCUT2D eigenvalue weighted by Crippen LogP contribution is 2.29. The van der Waals surface area contributed by atoms with E-state index >= 15 is 0 Å². The Balaban J connectivity index is 3.07. The van der Waals surface area contributed by atoms with Gasteiger partial charge in [0.05, 0.1) is 23.0 Å². The van der Waals surface area contributed by atoms with E-state index in [4.69, 9.17) is 9.47 Å². The highest BCUT2D eigenvalue weighted by Gasteiger charge is 2.22. The van der Waals surface area contributed by atoms with Crippen molar-refractivity contribution in [1.29, 1.82) is 0 Å². The molecule has 0 spiro atoms. The van der Waals surface area contributed by atoms with Crippen molar-refractivity contribution in [3.05, 3.63) is 28.3 Å². The number of benzene rings is 1. The van der Waals surface area contributed by atoms with Crippen LogP contribution in [0.1, 0.15) is 6.92 Å². The van der Waals surface area contributed by atoms with Crippen LogP contribution >= 0.6 is 0 Å². The van der Waals surface area contributed by atoms with Gasteiger partial charge in [-0.05, 0) is 19.1 Å². The fourth-order valence-corrected chi connectivity index (χ4v) is 2.51. The van der Waals surface area contributed by atoms with Crippen LogP contribution in [0.4, 0.5) is 5.69 Å². The van der Waals surface area contributed by atoms with Gasteiger partial charge in [-0.2, -0.15) is 0 Å². The molecule has 1 rings (SSSR count). The topological polar surface area (TPSA) is 108 Å². The molecule has 0 aliphatic carbocycles. The molecule has 0 aliphatic rings. The van der Waals surface area contributed by atoms with Crippen LogP contribution in [0.15, 0.2) is 23.1 Å². The second-order valence-electron chi connectivity index (χ2n) is 3.99. The number of methoxy groups -OCH3 is 2. The average Bonchev–Trinajstić information content (AvgIpc) is 2.43. The molecule has 112 valence electrons. The summed E-state index contributed by atoms with van der Waals surface area (Å²) in [7, 11) is -1.11. The number of nitro benzene ring substituents is 1. The molecule has 0 saturated carbocycles. The fraction of sp³-hybridized carbons (Fsp3) is 0.455. The molecule has 0 aliphatic heterocycles. The van der Waals surface area contributed by atoms with Gasteiger partial charge >= 0.3 is 5.69 Å². The third-order valence-electron chi connectivity index (χ3n) is 2.62. The monoisotopic (exact) mass is 304 g/mol. The summed E-state index contributed by atoms with van der Waals surface area (Å²) in [5.74, 6) is -0.000732. The van der Waals surface area contributed by atoms with Gasteiger partial charge in [0.2, 0.25) is 10.0 Å². The summed E-state index contributed by atoms with van der Waals surface area (Å²) in [6.07, 6.45) is -0.307. The zero-order chi connectivity index (χ0) is 15.3. The Kier molecular flexibility index (Phi) is 5.43. The predicted octanol–water partition coefficient (Wildman–Crippen LogP) is 0.917. The zero-order valence-corrected chi connectivity index (χ0v) is 12.1. The Morgan fingerprint density at radius 3 is 2.55 bits per heavy atom. The predicted molar refractivity (Wildman–Crippen MR) is 71.3 cm³/mol. The number of sulfonamides is 1. The maximum absolute atomic E-state index is 12.0. The first-order valence-corrected chi connectivity index (χ1v) is 7.15. The van der Waals surface area contributed by atoms with Crippen LogP contribution in [0.25, 0.3) is 0 Å². The summed E-state index contributed by atoms with van der Waals surface area (Å²) in [6, 6.07) is 3.44. The summed E-state index contributed by atoms with van der Waals surface area (Å²) in [4.78, 5) is 9.96. The molecule has 1 unspecified atom stereocenters. The summed E-state index contributed by atoms with van der Waals surface area (Å²) in [5.41, 5.74) is -0.407. The number of ether oxygens (including phenoxy) is 2. The van der Waals surface area contributed by atoms with E-state index in [-0.39, 0.29) is 23.3 Å². The lowest BCUT2D eigenvalue weighted by molar-refractivity contribution is -0.386. The molecule has 1 N–H and O–H groups in total. The number of nitrogens with one attached hydrogen (secondary N) is 1. The molecule has 1 aromatic carbocycles. The van der Waals surface area contributed by atoms with Crippen molar-refractivity contribution in [2.45, 2.75) is 17.9 Å². The van der Waals surface area contributed by atoms with Crippen molar-refractivity contribution in [3.63, 3.8) is 0 Å². The number of hydrogen-bond acceptors (Lipinski definition) is 6. The minimum Gasteiger partial charge on any atom is -0.490 e. The van der Waals surface area contributed by atoms with Crippen LogP contribution in [0.5, 0.6) is 5.75 Å². The van der Waals surface area contributed by atoms with E-state index < -0.39 is 20.6 Å². The average molecular weight is 304 g/mol. The third kappa shape index (κ3) is 3.89. The normalized spacial score (nSPS) is 12.9. The fourth-order valence-electron chi connectivity index (χ4n) is 1.37. The van der Waals surface area contributed by atoms with E-state index in [1.807, 2.05) is 0 Å². The minimum atomic E-state index is -3.84. The van der Waals surface area contributed by atoms with Crippen molar-refractivity contribution >= 4 is 15.7 Å². The van der Waals surface area contributed by atoms with E-state index in [9.17, 15) is 18.5 Å². The quantitative estimate of drug-likeness (QED) is 0.592. The smallest absolute Gasteiger partial charge is 0.312 e. The van der Waals surface area contributed by atoms with Crippen LogP contribution in [0, 0.1) is 10.1 Å². The van der Waals surface area contributed by atoms with Crippen molar-refractivity contribution in [1.82, 2.24) is 4.72 Å². The Morgan fingerprint density at radius 1 is 1.40 bits per heavy atom. The minimum absolute atomic E-state index is 0.000732. The van der Waals surface area contributed by atoms with Gasteiger partial charge in [-0.15, -0.1) is 0 Å². The van der Waals surface area contributed by atoms with Gasteiger partial charge in [-0.1, -0.05) is 0 Å². The first kappa shape index (κ1) is 16.3. The highest BCUT2D eigenvalue weighted by atomic mass is 32.2. The van der Waals surface area contributed by atoms with Gasteiger partial charge in [-0.25, -0.2) is 13.1 Å². The van der Waals surface area contributed by atoms with E-state index in [1.54, 1.807) is 6.92 Å². The van der Waals surface area contributed by atoms with E-state index in [1.165, 1.54) is 26.4 Å². The van der Waals surface area contributed by atoms with Crippen LogP contribution in [0.2, 0.25) is 0 Å². The summed E-state index contributed by atoms with van der Waals surface area (Å²) in [5, 5.41) is 10.9. The Hall–Kier alpha value is -1.71. The van der Waals surface area contributed by atoms with Gasteiger partial charge in [0.25, 0.3) is 0 Å². The standard InChI is InChI=1S/C11H16N2O6S/c1-8(18-2)7-12-20(16,17)9-4-5-11(19-3)10(6-9)13(14)15/h4-6,8,12H,7H2,1-3H3. The number of rotatable bonds is 7. The maximum Gasteiger partial charge on any atom is 0.312 e. The van der Waals surface area contributed by atoms with Crippen molar-refractivity contribution in [2.75, 3.05) is 20.8 Å². The van der Waals surface area contributed by atoms with Gasteiger partial charge in [-0.3, -0.25) is 10.1 Å². The Morgan fingerprint density at radius 2 is 2.05 bits per heavy atom. The lowest BCUT2D eigenvalue weighted by atomic mass is 10.3. The maximum atomic E-state index is 12.0. The number of nitrogens with zero attached hydrogens (tertiary/aromatic N) is 1. The zero-order valence-electron chi connectivity index (χ0n) is 11.3. The molecule has 0 heterocycles. The lowest BCUT2D eigenvalue weighted by Gasteiger charge is -2.11. The molecule has 0 radical (unpaired) electrons. The van der Waals surface area contributed by atoms with E-state index in [0.29, 0.717) is 0 Å². The molecule has 0 bridgehead atoms. The molecule has 1 atom stereocenters. The summed E-state index contributed by atoms with van der Waals surface area (Å²) >= 11 is 0. The van der Waals surface area contributed by atoms with Crippen LogP contribution in [-0.2, 0) is 14.8 Å².